The maximum Gasteiger partial charge on any atom is 0.271 e. The van der Waals surface area contributed by atoms with E-state index in [-0.39, 0.29) is 23.6 Å². The second-order valence-electron chi connectivity index (χ2n) is 5.88. The highest BCUT2D eigenvalue weighted by atomic mass is 16.2. The molecule has 0 saturated heterocycles. The van der Waals surface area contributed by atoms with E-state index >= 15 is 0 Å². The molecule has 1 atom stereocenters. The molecule has 3 aromatic rings. The number of aromatic nitrogens is 4. The molecule has 0 aliphatic rings. The Labute approximate surface area is 150 Å². The van der Waals surface area contributed by atoms with Crippen molar-refractivity contribution >= 4 is 22.8 Å². The molecule has 0 fully saturated rings. The van der Waals surface area contributed by atoms with E-state index < -0.39 is 0 Å². The third-order valence-electron chi connectivity index (χ3n) is 3.86. The molecule has 8 nitrogen and oxygen atoms in total. The van der Waals surface area contributed by atoms with Gasteiger partial charge in [0.15, 0.2) is 0 Å². The van der Waals surface area contributed by atoms with Crippen LogP contribution < -0.4 is 10.6 Å². The third-order valence-corrected chi connectivity index (χ3v) is 3.86. The van der Waals surface area contributed by atoms with Crippen LogP contribution in [0.4, 0.5) is 0 Å². The fourth-order valence-corrected chi connectivity index (χ4v) is 2.52. The average Bonchev–Trinajstić information content (AvgIpc) is 3.10. The van der Waals surface area contributed by atoms with E-state index in [9.17, 15) is 9.59 Å². The summed E-state index contributed by atoms with van der Waals surface area (Å²) in [6, 6.07) is 7.50. The monoisotopic (exact) mass is 352 g/mol. The van der Waals surface area contributed by atoms with Gasteiger partial charge in [0.05, 0.1) is 23.3 Å². The van der Waals surface area contributed by atoms with E-state index in [0.717, 1.165) is 16.9 Å². The van der Waals surface area contributed by atoms with Crippen LogP contribution in [0.2, 0.25) is 0 Å². The molecule has 0 radical (unpaired) electrons. The minimum Gasteiger partial charge on any atom is -0.351 e. The number of nitrogens with zero attached hydrogens (tertiary/aromatic N) is 3. The van der Waals surface area contributed by atoms with E-state index in [2.05, 4.69) is 30.6 Å². The Balaban J connectivity index is 1.41. The summed E-state index contributed by atoms with van der Waals surface area (Å²) in [7, 11) is 0. The third kappa shape index (κ3) is 4.41. The van der Waals surface area contributed by atoms with Crippen LogP contribution in [0, 0.1) is 0 Å². The molecule has 0 bridgehead atoms. The highest BCUT2D eigenvalue weighted by Crippen LogP contribution is 2.15. The summed E-state index contributed by atoms with van der Waals surface area (Å²) in [5.41, 5.74) is 2.07. The molecular weight excluding hydrogens is 332 g/mol. The molecule has 3 rings (SSSR count). The van der Waals surface area contributed by atoms with Gasteiger partial charge in [-0.05, 0) is 25.5 Å². The van der Waals surface area contributed by atoms with Gasteiger partial charge >= 0.3 is 0 Å². The van der Waals surface area contributed by atoms with Gasteiger partial charge in [-0.1, -0.05) is 12.1 Å². The van der Waals surface area contributed by atoms with E-state index in [1.54, 1.807) is 0 Å². The maximum absolute atomic E-state index is 12.1. The molecular formula is C18H20N6O2. The van der Waals surface area contributed by atoms with Gasteiger partial charge in [0.1, 0.15) is 11.5 Å². The van der Waals surface area contributed by atoms with Crippen LogP contribution in [0.5, 0.6) is 0 Å². The second-order valence-corrected chi connectivity index (χ2v) is 5.88. The van der Waals surface area contributed by atoms with Crippen molar-refractivity contribution in [3.63, 3.8) is 0 Å². The predicted molar refractivity (Wildman–Crippen MR) is 96.3 cm³/mol. The Morgan fingerprint density at radius 1 is 1.23 bits per heavy atom. The summed E-state index contributed by atoms with van der Waals surface area (Å²) in [5, 5.41) is 5.63. The van der Waals surface area contributed by atoms with Crippen LogP contribution >= 0.6 is 0 Å². The number of hydrogen-bond donors (Lipinski definition) is 3. The van der Waals surface area contributed by atoms with Crippen LogP contribution in [0.15, 0.2) is 42.9 Å². The number of nitrogens with one attached hydrogen (secondary N) is 3. The zero-order valence-electron chi connectivity index (χ0n) is 14.4. The zero-order valence-corrected chi connectivity index (χ0v) is 14.4. The predicted octanol–water partition coefficient (Wildman–Crippen LogP) is 1.74. The average molecular weight is 352 g/mol. The standard InChI is InChI=1S/C18H20N6O2/c1-12(17-23-13-5-2-3-6-14(13)24-17)22-16(25)7-4-8-21-18(26)15-11-19-9-10-20-15/h2-3,5-6,9-12H,4,7-8H2,1H3,(H,21,26)(H,22,25)(H,23,24)/t12-/m1/s1. The zero-order chi connectivity index (χ0) is 18.4. The Kier molecular flexibility index (Phi) is 5.52. The Bertz CT molecular complexity index is 860. The highest BCUT2D eigenvalue weighted by molar-refractivity contribution is 5.91. The molecule has 0 aliphatic carbocycles. The summed E-state index contributed by atoms with van der Waals surface area (Å²) in [6.45, 7) is 2.27. The molecule has 3 N–H and O–H groups in total. The normalized spacial score (nSPS) is 11.9. The number of carbonyl (C=O) groups is 2. The number of aromatic amines is 1. The van der Waals surface area contributed by atoms with Gasteiger partial charge in [-0.3, -0.25) is 14.6 Å². The summed E-state index contributed by atoms with van der Waals surface area (Å²) in [6.07, 6.45) is 5.21. The molecule has 2 amide bonds. The number of para-hydroxylation sites is 2. The molecule has 0 saturated carbocycles. The van der Waals surface area contributed by atoms with Crippen molar-refractivity contribution in [2.75, 3.05) is 6.54 Å². The van der Waals surface area contributed by atoms with E-state index in [0.29, 0.717) is 19.4 Å². The lowest BCUT2D eigenvalue weighted by Gasteiger charge is -2.11. The van der Waals surface area contributed by atoms with Crippen molar-refractivity contribution in [1.82, 2.24) is 30.6 Å². The first-order valence-electron chi connectivity index (χ1n) is 8.41. The fraction of sp³-hybridized carbons (Fsp3) is 0.278. The summed E-state index contributed by atoms with van der Waals surface area (Å²) in [4.78, 5) is 39.3. The van der Waals surface area contributed by atoms with Gasteiger partial charge in [-0.25, -0.2) is 9.97 Å². The molecule has 134 valence electrons. The van der Waals surface area contributed by atoms with Gasteiger partial charge in [-0.15, -0.1) is 0 Å². The smallest absolute Gasteiger partial charge is 0.271 e. The fourth-order valence-electron chi connectivity index (χ4n) is 2.52. The lowest BCUT2D eigenvalue weighted by molar-refractivity contribution is -0.121. The number of fused-ring (bicyclic) bond motifs is 1. The SMILES string of the molecule is C[C@@H](NC(=O)CCCNC(=O)c1cnccn1)c1nc2ccccc2[nH]1. The first kappa shape index (κ1) is 17.5. The molecule has 2 heterocycles. The molecule has 8 heteroatoms. The van der Waals surface area contributed by atoms with E-state index in [1.165, 1.54) is 18.6 Å². The van der Waals surface area contributed by atoms with Crippen LogP contribution in [-0.2, 0) is 4.79 Å². The topological polar surface area (TPSA) is 113 Å². The van der Waals surface area contributed by atoms with Gasteiger partial charge in [-0.2, -0.15) is 0 Å². The van der Waals surface area contributed by atoms with Crippen molar-refractivity contribution < 1.29 is 9.59 Å². The van der Waals surface area contributed by atoms with E-state index in [4.69, 9.17) is 0 Å². The van der Waals surface area contributed by atoms with Crippen molar-refractivity contribution in [1.29, 1.82) is 0 Å². The molecule has 26 heavy (non-hydrogen) atoms. The number of rotatable bonds is 7. The van der Waals surface area contributed by atoms with Crippen molar-refractivity contribution in [2.24, 2.45) is 0 Å². The van der Waals surface area contributed by atoms with Gasteiger partial charge in [0.25, 0.3) is 5.91 Å². The van der Waals surface area contributed by atoms with Crippen LogP contribution in [0.1, 0.15) is 42.1 Å². The summed E-state index contributed by atoms with van der Waals surface area (Å²) >= 11 is 0. The summed E-state index contributed by atoms with van der Waals surface area (Å²) in [5.74, 6) is 0.330. The molecule has 0 spiro atoms. The first-order valence-corrected chi connectivity index (χ1v) is 8.41. The number of hydrogen-bond acceptors (Lipinski definition) is 5. The largest absolute Gasteiger partial charge is 0.351 e. The first-order chi connectivity index (χ1) is 12.6. The molecule has 0 aliphatic heterocycles. The second kappa shape index (κ2) is 8.19. The number of carbonyl (C=O) groups excluding carboxylic acids is 2. The Morgan fingerprint density at radius 3 is 2.85 bits per heavy atom. The van der Waals surface area contributed by atoms with Crippen molar-refractivity contribution in [3.05, 3.63) is 54.4 Å². The van der Waals surface area contributed by atoms with Gasteiger partial charge in [0, 0.05) is 25.4 Å². The van der Waals surface area contributed by atoms with Crippen LogP contribution in [0.25, 0.3) is 11.0 Å². The minimum atomic E-state index is -0.297. The molecule has 1 aromatic carbocycles. The quantitative estimate of drug-likeness (QED) is 0.561. The van der Waals surface area contributed by atoms with Gasteiger partial charge < -0.3 is 15.6 Å². The number of benzene rings is 1. The minimum absolute atomic E-state index is 0.0910. The highest BCUT2D eigenvalue weighted by Gasteiger charge is 2.13. The summed E-state index contributed by atoms with van der Waals surface area (Å²) < 4.78 is 0. The lowest BCUT2D eigenvalue weighted by atomic mass is 10.2. The molecule has 0 unspecified atom stereocenters. The molecule has 2 aromatic heterocycles. The van der Waals surface area contributed by atoms with Gasteiger partial charge in [0.2, 0.25) is 5.91 Å². The number of imidazole rings is 1. The number of amides is 2. The van der Waals surface area contributed by atoms with Crippen LogP contribution in [0.3, 0.4) is 0 Å². The van der Waals surface area contributed by atoms with E-state index in [1.807, 2.05) is 31.2 Å². The van der Waals surface area contributed by atoms with Crippen molar-refractivity contribution in [2.45, 2.75) is 25.8 Å². The number of H-pyrrole nitrogens is 1. The Morgan fingerprint density at radius 2 is 2.08 bits per heavy atom. The van der Waals surface area contributed by atoms with Crippen LogP contribution in [-0.4, -0.2) is 38.3 Å². The van der Waals surface area contributed by atoms with Crippen molar-refractivity contribution in [3.8, 4) is 0 Å². The lowest BCUT2D eigenvalue weighted by Crippen LogP contribution is -2.29. The Hall–Kier alpha value is -3.29. The maximum atomic E-state index is 12.1.